The first-order chi connectivity index (χ1) is 12.9. The second-order valence-corrected chi connectivity index (χ2v) is 9.63. The number of sulfonamides is 1. The summed E-state index contributed by atoms with van der Waals surface area (Å²) in [6.07, 6.45) is 2.70. The summed E-state index contributed by atoms with van der Waals surface area (Å²) in [4.78, 5) is 25.9. The molecule has 0 N–H and O–H groups in total. The van der Waals surface area contributed by atoms with Crippen LogP contribution in [0.4, 0.5) is 0 Å². The molecule has 1 fully saturated rings. The number of ether oxygens (including phenoxy) is 1. The van der Waals surface area contributed by atoms with Crippen LogP contribution in [0.3, 0.4) is 0 Å². The van der Waals surface area contributed by atoms with E-state index < -0.39 is 16.0 Å². The molecule has 2 heterocycles. The van der Waals surface area contributed by atoms with Gasteiger partial charge in [-0.25, -0.2) is 13.2 Å². The molecule has 144 valence electrons. The minimum absolute atomic E-state index is 0.0686. The van der Waals surface area contributed by atoms with E-state index in [1.807, 2.05) is 13.0 Å². The highest BCUT2D eigenvalue weighted by molar-refractivity contribution is 7.89. The van der Waals surface area contributed by atoms with Crippen LogP contribution in [0.5, 0.6) is 0 Å². The first-order valence-electron chi connectivity index (χ1n) is 8.75. The van der Waals surface area contributed by atoms with Gasteiger partial charge in [0.25, 0.3) is 0 Å². The number of hydrogen-bond acceptors (Lipinski definition) is 6. The van der Waals surface area contributed by atoms with Crippen molar-refractivity contribution in [3.8, 4) is 0 Å². The fourth-order valence-corrected chi connectivity index (χ4v) is 5.26. The number of Topliss-reactive ketones (excluding diaryl/α,β-unsaturated/α-hetero) is 1. The minimum atomic E-state index is -3.63. The quantitative estimate of drug-likeness (QED) is 0.542. The monoisotopic (exact) mass is 407 g/mol. The molecule has 8 heteroatoms. The Hall–Kier alpha value is -2.03. The Morgan fingerprint density at radius 3 is 2.52 bits per heavy atom. The lowest BCUT2D eigenvalue weighted by atomic mass is 10.2. The van der Waals surface area contributed by atoms with Crippen LogP contribution in [0.2, 0.25) is 0 Å². The van der Waals surface area contributed by atoms with E-state index in [-0.39, 0.29) is 22.8 Å². The van der Waals surface area contributed by atoms with Crippen LogP contribution in [-0.2, 0) is 14.8 Å². The number of piperidine rings is 1. The van der Waals surface area contributed by atoms with E-state index in [2.05, 4.69) is 0 Å². The smallest absolute Gasteiger partial charge is 0.338 e. The van der Waals surface area contributed by atoms with Crippen molar-refractivity contribution in [1.82, 2.24) is 4.31 Å². The lowest BCUT2D eigenvalue weighted by Crippen LogP contribution is -2.35. The first kappa shape index (κ1) is 19.7. The Kier molecular flexibility index (Phi) is 6.08. The van der Waals surface area contributed by atoms with E-state index in [4.69, 9.17) is 4.74 Å². The third-order valence-electron chi connectivity index (χ3n) is 4.37. The lowest BCUT2D eigenvalue weighted by molar-refractivity contribution is 0.0475. The molecule has 2 aromatic rings. The summed E-state index contributed by atoms with van der Waals surface area (Å²) in [5.41, 5.74) is 0.114. The fraction of sp³-hybridized carbons (Fsp3) is 0.368. The van der Waals surface area contributed by atoms with Gasteiger partial charge < -0.3 is 4.74 Å². The van der Waals surface area contributed by atoms with E-state index in [9.17, 15) is 18.0 Å². The van der Waals surface area contributed by atoms with Gasteiger partial charge in [0.2, 0.25) is 15.8 Å². The minimum Gasteiger partial charge on any atom is -0.454 e. The Balaban J connectivity index is 1.69. The summed E-state index contributed by atoms with van der Waals surface area (Å²) in [7, 11) is -3.63. The number of ketones is 1. The Morgan fingerprint density at radius 2 is 1.85 bits per heavy atom. The maximum Gasteiger partial charge on any atom is 0.338 e. The molecule has 0 aliphatic carbocycles. The molecular formula is C19H21NO5S2. The van der Waals surface area contributed by atoms with Crippen molar-refractivity contribution >= 4 is 33.1 Å². The number of rotatable bonds is 6. The van der Waals surface area contributed by atoms with Crippen molar-refractivity contribution in [1.29, 1.82) is 0 Å². The van der Waals surface area contributed by atoms with Gasteiger partial charge in [0.15, 0.2) is 6.61 Å². The standard InChI is InChI=1S/C19H21NO5S2/c1-14-8-9-18(26-14)17(21)13-25-19(22)15-6-5-7-16(12-15)27(23,24)20-10-3-2-4-11-20/h5-9,12H,2-4,10-11,13H2,1H3. The Morgan fingerprint density at radius 1 is 1.11 bits per heavy atom. The topological polar surface area (TPSA) is 80.8 Å². The first-order valence-corrected chi connectivity index (χ1v) is 11.0. The maximum absolute atomic E-state index is 12.7. The fourth-order valence-electron chi connectivity index (χ4n) is 2.91. The van der Waals surface area contributed by atoms with Gasteiger partial charge in [0.05, 0.1) is 15.3 Å². The van der Waals surface area contributed by atoms with Gasteiger partial charge in [-0.2, -0.15) is 4.31 Å². The van der Waals surface area contributed by atoms with Crippen molar-refractivity contribution in [2.75, 3.05) is 19.7 Å². The van der Waals surface area contributed by atoms with E-state index in [1.54, 1.807) is 6.07 Å². The third-order valence-corrected chi connectivity index (χ3v) is 7.31. The van der Waals surface area contributed by atoms with Gasteiger partial charge in [-0.15, -0.1) is 11.3 Å². The van der Waals surface area contributed by atoms with Crippen LogP contribution in [0.25, 0.3) is 0 Å². The van der Waals surface area contributed by atoms with Gasteiger partial charge in [-0.1, -0.05) is 12.5 Å². The zero-order valence-electron chi connectivity index (χ0n) is 15.0. The molecule has 0 saturated carbocycles. The zero-order valence-corrected chi connectivity index (χ0v) is 16.6. The van der Waals surface area contributed by atoms with Crippen molar-refractivity contribution in [3.63, 3.8) is 0 Å². The number of thiophene rings is 1. The average Bonchev–Trinajstić information content (AvgIpc) is 3.13. The Bertz CT molecular complexity index is 943. The molecule has 0 radical (unpaired) electrons. The van der Waals surface area contributed by atoms with Crippen molar-refractivity contribution in [2.24, 2.45) is 0 Å². The number of benzene rings is 1. The van der Waals surface area contributed by atoms with E-state index >= 15 is 0 Å². The molecule has 3 rings (SSSR count). The van der Waals surface area contributed by atoms with Gasteiger partial charge in [0, 0.05) is 18.0 Å². The molecular weight excluding hydrogens is 386 g/mol. The maximum atomic E-state index is 12.7. The summed E-state index contributed by atoms with van der Waals surface area (Å²) in [5, 5.41) is 0. The van der Waals surface area contributed by atoms with Crippen molar-refractivity contribution in [3.05, 3.63) is 51.7 Å². The van der Waals surface area contributed by atoms with Crippen LogP contribution in [0.15, 0.2) is 41.3 Å². The second-order valence-electron chi connectivity index (χ2n) is 6.40. The van der Waals surface area contributed by atoms with Crippen molar-refractivity contribution < 1.29 is 22.7 Å². The molecule has 6 nitrogen and oxygen atoms in total. The third kappa shape index (κ3) is 4.63. The van der Waals surface area contributed by atoms with Crippen LogP contribution >= 0.6 is 11.3 Å². The molecule has 0 amide bonds. The number of nitrogens with zero attached hydrogens (tertiary/aromatic N) is 1. The molecule has 1 saturated heterocycles. The Labute approximate surface area is 162 Å². The molecule has 1 aromatic heterocycles. The highest BCUT2D eigenvalue weighted by Gasteiger charge is 2.26. The van der Waals surface area contributed by atoms with Crippen LogP contribution < -0.4 is 0 Å². The molecule has 1 aromatic carbocycles. The number of hydrogen-bond donors (Lipinski definition) is 0. The van der Waals surface area contributed by atoms with E-state index in [0.29, 0.717) is 18.0 Å². The summed E-state index contributed by atoms with van der Waals surface area (Å²) in [6, 6.07) is 9.30. The molecule has 0 unspecified atom stereocenters. The normalized spacial score (nSPS) is 15.4. The van der Waals surface area contributed by atoms with Crippen molar-refractivity contribution in [2.45, 2.75) is 31.1 Å². The molecule has 0 bridgehead atoms. The zero-order chi connectivity index (χ0) is 19.4. The lowest BCUT2D eigenvalue weighted by Gasteiger charge is -2.25. The molecule has 0 atom stereocenters. The van der Waals surface area contributed by atoms with Gasteiger partial charge in [-0.3, -0.25) is 4.79 Å². The summed E-state index contributed by atoms with van der Waals surface area (Å²) >= 11 is 1.34. The number of esters is 1. The highest BCUT2D eigenvalue weighted by atomic mass is 32.2. The highest BCUT2D eigenvalue weighted by Crippen LogP contribution is 2.22. The van der Waals surface area contributed by atoms with Crippen LogP contribution in [0, 0.1) is 6.92 Å². The predicted octanol–water partition coefficient (Wildman–Crippen LogP) is 3.27. The number of carbonyl (C=O) groups excluding carboxylic acids is 2. The second kappa shape index (κ2) is 8.33. The largest absolute Gasteiger partial charge is 0.454 e. The van der Waals surface area contributed by atoms with Crippen LogP contribution in [0.1, 0.15) is 44.2 Å². The van der Waals surface area contributed by atoms with E-state index in [1.165, 1.54) is 39.9 Å². The van der Waals surface area contributed by atoms with E-state index in [0.717, 1.165) is 24.1 Å². The average molecular weight is 408 g/mol. The molecule has 1 aliphatic rings. The number of aryl methyl sites for hydroxylation is 1. The molecule has 1 aliphatic heterocycles. The number of carbonyl (C=O) groups is 2. The summed E-state index contributed by atoms with van der Waals surface area (Å²) < 4.78 is 32.0. The summed E-state index contributed by atoms with van der Waals surface area (Å²) in [5.74, 6) is -0.995. The van der Waals surface area contributed by atoms with Gasteiger partial charge >= 0.3 is 5.97 Å². The predicted molar refractivity (Wildman–Crippen MR) is 103 cm³/mol. The van der Waals surface area contributed by atoms with Crippen LogP contribution in [-0.4, -0.2) is 44.2 Å². The summed E-state index contributed by atoms with van der Waals surface area (Å²) in [6.45, 7) is 2.50. The molecule has 0 spiro atoms. The van der Waals surface area contributed by atoms with Gasteiger partial charge in [-0.05, 0) is 50.1 Å². The molecule has 27 heavy (non-hydrogen) atoms. The SMILES string of the molecule is Cc1ccc(C(=O)COC(=O)c2cccc(S(=O)(=O)N3CCCCC3)c2)s1. The van der Waals surface area contributed by atoms with Gasteiger partial charge in [0.1, 0.15) is 0 Å².